The molecule has 0 unspecified atom stereocenters. The van der Waals surface area contributed by atoms with Crippen LogP contribution in [0.1, 0.15) is 24.0 Å². The molecular weight excluding hydrogens is 264 g/mol. The van der Waals surface area contributed by atoms with Gasteiger partial charge in [0.1, 0.15) is 0 Å². The number of anilines is 1. The number of hydrogen-bond donors (Lipinski definition) is 1. The van der Waals surface area contributed by atoms with Gasteiger partial charge >= 0.3 is 0 Å². The molecule has 1 saturated carbocycles. The molecule has 0 radical (unpaired) electrons. The maximum Gasteiger partial charge on any atom is 0.0637 e. The highest BCUT2D eigenvalue weighted by molar-refractivity contribution is 5.55. The Bertz CT molecular complexity index is 425. The smallest absolute Gasteiger partial charge is 0.0637 e. The maximum atomic E-state index is 5.25. The Hall–Kier alpha value is -1.10. The van der Waals surface area contributed by atoms with Gasteiger partial charge in [0.05, 0.1) is 13.2 Å². The lowest BCUT2D eigenvalue weighted by atomic mass is 10.1. The second-order valence-corrected chi connectivity index (χ2v) is 5.76. The minimum absolute atomic E-state index is 0.727. The quantitative estimate of drug-likeness (QED) is 0.718. The first kappa shape index (κ1) is 16.3. The predicted molar refractivity (Wildman–Crippen MR) is 87.0 cm³/mol. The molecule has 1 aliphatic rings. The zero-order chi connectivity index (χ0) is 15.1. The van der Waals surface area contributed by atoms with Crippen LogP contribution in [0.3, 0.4) is 0 Å². The summed E-state index contributed by atoms with van der Waals surface area (Å²) in [5.41, 5.74) is 3.97. The monoisotopic (exact) mass is 292 g/mol. The molecule has 1 fully saturated rings. The zero-order valence-corrected chi connectivity index (χ0v) is 13.5. The van der Waals surface area contributed by atoms with Crippen molar-refractivity contribution >= 4 is 5.69 Å². The Morgan fingerprint density at radius 1 is 1.14 bits per heavy atom. The molecule has 118 valence electrons. The van der Waals surface area contributed by atoms with E-state index in [1.165, 1.54) is 29.7 Å². The summed E-state index contributed by atoms with van der Waals surface area (Å²) in [6.07, 6.45) is 2.64. The molecule has 1 aromatic carbocycles. The molecule has 0 spiro atoms. The molecule has 0 saturated heterocycles. The number of rotatable bonds is 10. The third-order valence-corrected chi connectivity index (χ3v) is 3.86. The van der Waals surface area contributed by atoms with E-state index in [4.69, 9.17) is 9.47 Å². The Morgan fingerprint density at radius 3 is 2.38 bits per heavy atom. The predicted octanol–water partition coefficient (Wildman–Crippen LogP) is 2.35. The van der Waals surface area contributed by atoms with Crippen molar-refractivity contribution in [1.82, 2.24) is 5.32 Å². The van der Waals surface area contributed by atoms with Crippen LogP contribution in [0.25, 0.3) is 0 Å². The fraction of sp³-hybridized carbons (Fsp3) is 0.647. The lowest BCUT2D eigenvalue weighted by Gasteiger charge is -2.27. The fourth-order valence-electron chi connectivity index (χ4n) is 2.46. The second-order valence-electron chi connectivity index (χ2n) is 5.76. The van der Waals surface area contributed by atoms with Crippen LogP contribution in [0.4, 0.5) is 5.69 Å². The van der Waals surface area contributed by atoms with Crippen LogP contribution in [0.2, 0.25) is 0 Å². The van der Waals surface area contributed by atoms with E-state index in [-0.39, 0.29) is 0 Å². The normalized spacial score (nSPS) is 14.4. The summed E-state index contributed by atoms with van der Waals surface area (Å²) in [7, 11) is 3.50. The first-order chi connectivity index (χ1) is 10.2. The summed E-state index contributed by atoms with van der Waals surface area (Å²) in [4.78, 5) is 2.36. The van der Waals surface area contributed by atoms with Crippen molar-refractivity contribution in [3.8, 4) is 0 Å². The molecule has 0 atom stereocenters. The molecular formula is C17H28N2O2. The van der Waals surface area contributed by atoms with E-state index >= 15 is 0 Å². The van der Waals surface area contributed by atoms with E-state index in [1.807, 2.05) is 0 Å². The molecule has 0 aromatic heterocycles. The summed E-state index contributed by atoms with van der Waals surface area (Å²) in [6, 6.07) is 7.43. The van der Waals surface area contributed by atoms with Crippen molar-refractivity contribution in [2.24, 2.45) is 0 Å². The van der Waals surface area contributed by atoms with Crippen molar-refractivity contribution in [3.63, 3.8) is 0 Å². The number of nitrogens with one attached hydrogen (secondary N) is 1. The number of hydrogen-bond acceptors (Lipinski definition) is 4. The largest absolute Gasteiger partial charge is 0.383 e. The molecule has 4 heteroatoms. The SMILES string of the molecule is COCCN(CCOC)c1ccc(C)cc1CNC1CC1. The topological polar surface area (TPSA) is 33.7 Å². The van der Waals surface area contributed by atoms with Crippen molar-refractivity contribution in [1.29, 1.82) is 0 Å². The van der Waals surface area contributed by atoms with Crippen molar-refractivity contribution in [2.75, 3.05) is 45.4 Å². The van der Waals surface area contributed by atoms with Crippen LogP contribution in [0.5, 0.6) is 0 Å². The third-order valence-electron chi connectivity index (χ3n) is 3.86. The second kappa shape index (κ2) is 8.37. The number of benzene rings is 1. The van der Waals surface area contributed by atoms with E-state index in [0.717, 1.165) is 38.9 Å². The van der Waals surface area contributed by atoms with Gasteiger partial charge in [0.25, 0.3) is 0 Å². The summed E-state index contributed by atoms with van der Waals surface area (Å²) in [5, 5.41) is 3.62. The van der Waals surface area contributed by atoms with Gasteiger partial charge in [-0.2, -0.15) is 0 Å². The highest BCUT2D eigenvalue weighted by Crippen LogP contribution is 2.24. The Morgan fingerprint density at radius 2 is 1.81 bits per heavy atom. The number of ether oxygens (including phenoxy) is 2. The van der Waals surface area contributed by atoms with Crippen molar-refractivity contribution < 1.29 is 9.47 Å². The van der Waals surface area contributed by atoms with Gasteiger partial charge in [-0.25, -0.2) is 0 Å². The van der Waals surface area contributed by atoms with Gasteiger partial charge < -0.3 is 19.7 Å². The van der Waals surface area contributed by atoms with E-state index in [0.29, 0.717) is 0 Å². The Labute approximate surface area is 128 Å². The average Bonchev–Trinajstić information content (AvgIpc) is 3.30. The van der Waals surface area contributed by atoms with Gasteiger partial charge in [-0.05, 0) is 31.4 Å². The molecule has 21 heavy (non-hydrogen) atoms. The lowest BCUT2D eigenvalue weighted by Crippen LogP contribution is -2.32. The minimum atomic E-state index is 0.727. The van der Waals surface area contributed by atoms with Gasteiger partial charge in [0.2, 0.25) is 0 Å². The van der Waals surface area contributed by atoms with Crippen LogP contribution in [0, 0.1) is 6.92 Å². The third kappa shape index (κ3) is 5.30. The van der Waals surface area contributed by atoms with Crippen LogP contribution in [-0.4, -0.2) is 46.6 Å². The van der Waals surface area contributed by atoms with Crippen LogP contribution in [-0.2, 0) is 16.0 Å². The van der Waals surface area contributed by atoms with E-state index in [1.54, 1.807) is 14.2 Å². The molecule has 1 aromatic rings. The lowest BCUT2D eigenvalue weighted by molar-refractivity contribution is 0.190. The first-order valence-electron chi connectivity index (χ1n) is 7.80. The van der Waals surface area contributed by atoms with Crippen LogP contribution in [0.15, 0.2) is 18.2 Å². The number of methoxy groups -OCH3 is 2. The van der Waals surface area contributed by atoms with E-state index in [9.17, 15) is 0 Å². The molecule has 0 aliphatic heterocycles. The van der Waals surface area contributed by atoms with Gasteiger partial charge in [-0.3, -0.25) is 0 Å². The highest BCUT2D eigenvalue weighted by atomic mass is 16.5. The van der Waals surface area contributed by atoms with Crippen LogP contribution < -0.4 is 10.2 Å². The summed E-state index contributed by atoms with van der Waals surface area (Å²) in [6.45, 7) is 6.33. The minimum Gasteiger partial charge on any atom is -0.383 e. The van der Waals surface area contributed by atoms with Gasteiger partial charge in [-0.15, -0.1) is 0 Å². The molecule has 2 rings (SSSR count). The van der Waals surface area contributed by atoms with E-state index in [2.05, 4.69) is 35.3 Å². The molecule has 1 N–H and O–H groups in total. The Balaban J connectivity index is 2.10. The molecule has 0 amide bonds. The summed E-state index contributed by atoms with van der Waals surface area (Å²) in [5.74, 6) is 0. The highest BCUT2D eigenvalue weighted by Gasteiger charge is 2.21. The van der Waals surface area contributed by atoms with Crippen molar-refractivity contribution in [2.45, 2.75) is 32.4 Å². The maximum absolute atomic E-state index is 5.25. The summed E-state index contributed by atoms with van der Waals surface area (Å²) < 4.78 is 10.5. The molecule has 1 aliphatic carbocycles. The number of aryl methyl sites for hydroxylation is 1. The van der Waals surface area contributed by atoms with Crippen LogP contribution >= 0.6 is 0 Å². The van der Waals surface area contributed by atoms with Gasteiger partial charge in [-0.1, -0.05) is 17.7 Å². The fourth-order valence-corrected chi connectivity index (χ4v) is 2.46. The first-order valence-corrected chi connectivity index (χ1v) is 7.80. The van der Waals surface area contributed by atoms with Gasteiger partial charge in [0, 0.05) is 45.6 Å². The Kier molecular flexibility index (Phi) is 6.49. The zero-order valence-electron chi connectivity index (χ0n) is 13.5. The van der Waals surface area contributed by atoms with E-state index < -0.39 is 0 Å². The molecule has 4 nitrogen and oxygen atoms in total. The standard InChI is InChI=1S/C17H28N2O2/c1-14-4-7-17(15(12-14)13-18-16-5-6-16)19(8-10-20-2)9-11-21-3/h4,7,12,16,18H,5-6,8-11,13H2,1-3H3. The summed E-state index contributed by atoms with van der Waals surface area (Å²) >= 11 is 0. The molecule has 0 bridgehead atoms. The van der Waals surface area contributed by atoms with Crippen molar-refractivity contribution in [3.05, 3.63) is 29.3 Å². The number of nitrogens with zero attached hydrogens (tertiary/aromatic N) is 1. The molecule has 0 heterocycles. The van der Waals surface area contributed by atoms with Gasteiger partial charge in [0.15, 0.2) is 0 Å². The average molecular weight is 292 g/mol.